The Morgan fingerprint density at radius 2 is 2.15 bits per heavy atom. The summed E-state index contributed by atoms with van der Waals surface area (Å²) >= 11 is 0. The van der Waals surface area contributed by atoms with Crippen LogP contribution >= 0.6 is 0 Å². The molecular formula is C23H24N8O3. The van der Waals surface area contributed by atoms with E-state index in [2.05, 4.69) is 44.5 Å². The van der Waals surface area contributed by atoms with E-state index in [9.17, 15) is 9.59 Å². The fraction of sp³-hybridized carbons (Fsp3) is 0.261. The van der Waals surface area contributed by atoms with Crippen molar-refractivity contribution in [2.24, 2.45) is 11.7 Å². The summed E-state index contributed by atoms with van der Waals surface area (Å²) in [4.78, 5) is 35.1. The lowest BCUT2D eigenvalue weighted by Gasteiger charge is -2.26. The predicted octanol–water partition coefficient (Wildman–Crippen LogP) is 2.45. The van der Waals surface area contributed by atoms with Gasteiger partial charge in [-0.3, -0.25) is 14.3 Å². The molecule has 1 aliphatic rings. The Bertz CT molecular complexity index is 1390. The smallest absolute Gasteiger partial charge is 0.262 e. The van der Waals surface area contributed by atoms with Crippen molar-refractivity contribution in [2.45, 2.75) is 26.4 Å². The van der Waals surface area contributed by atoms with Crippen molar-refractivity contribution in [3.05, 3.63) is 48.5 Å². The van der Waals surface area contributed by atoms with Crippen LogP contribution in [-0.4, -0.2) is 43.2 Å². The number of hydrogen-bond donors (Lipinski definition) is 4. The Hall–Kier alpha value is -4.41. The highest BCUT2D eigenvalue weighted by atomic mass is 16.5. The minimum Gasteiger partial charge on any atom is -0.482 e. The van der Waals surface area contributed by atoms with Gasteiger partial charge in [0.15, 0.2) is 6.61 Å². The fourth-order valence-corrected chi connectivity index (χ4v) is 4.04. The van der Waals surface area contributed by atoms with E-state index in [4.69, 9.17) is 10.5 Å². The van der Waals surface area contributed by atoms with E-state index < -0.39 is 5.91 Å². The van der Waals surface area contributed by atoms with Gasteiger partial charge in [-0.1, -0.05) is 19.9 Å². The topological polar surface area (TPSA) is 153 Å². The van der Waals surface area contributed by atoms with E-state index in [0.717, 1.165) is 22.2 Å². The summed E-state index contributed by atoms with van der Waals surface area (Å²) in [7, 11) is 0. The van der Waals surface area contributed by atoms with Crippen LogP contribution in [0.25, 0.3) is 22.3 Å². The Balaban J connectivity index is 1.46. The average Bonchev–Trinajstić information content (AvgIpc) is 3.43. The Morgan fingerprint density at radius 1 is 1.29 bits per heavy atom. The lowest BCUT2D eigenvalue weighted by atomic mass is 9.95. The number of carbonyl (C=O) groups excluding carboxylic acids is 2. The van der Waals surface area contributed by atoms with Crippen molar-refractivity contribution in [1.82, 2.24) is 24.7 Å². The minimum absolute atomic E-state index is 0.00911. The van der Waals surface area contributed by atoms with Crippen LogP contribution in [0.15, 0.2) is 43.0 Å². The molecule has 5 N–H and O–H groups in total. The van der Waals surface area contributed by atoms with Gasteiger partial charge in [-0.2, -0.15) is 5.10 Å². The maximum absolute atomic E-state index is 11.8. The SMILES string of the molecule is CC(C)[C@@H](Nc1ncnc2[nH]c(-c3cnn(CC(N)=O)c3)cc12)c1ccc2c(c1)NC(=O)CO2. The number of anilines is 2. The third-order valence-electron chi connectivity index (χ3n) is 5.64. The second kappa shape index (κ2) is 8.50. The van der Waals surface area contributed by atoms with Crippen molar-refractivity contribution in [3.8, 4) is 17.0 Å². The van der Waals surface area contributed by atoms with E-state index in [0.29, 0.717) is 22.9 Å². The van der Waals surface area contributed by atoms with Crippen molar-refractivity contribution in [3.63, 3.8) is 0 Å². The molecule has 0 aliphatic carbocycles. The minimum atomic E-state index is -0.461. The highest BCUT2D eigenvalue weighted by molar-refractivity contribution is 5.95. The van der Waals surface area contributed by atoms with Crippen LogP contribution in [0.4, 0.5) is 11.5 Å². The molecule has 0 fully saturated rings. The van der Waals surface area contributed by atoms with Crippen LogP contribution in [0, 0.1) is 5.92 Å². The molecule has 4 aromatic rings. The highest BCUT2D eigenvalue weighted by Gasteiger charge is 2.22. The summed E-state index contributed by atoms with van der Waals surface area (Å²) in [6.07, 6.45) is 4.91. The number of ether oxygens (including phenoxy) is 1. The van der Waals surface area contributed by atoms with Crippen LogP contribution < -0.4 is 21.1 Å². The zero-order valence-electron chi connectivity index (χ0n) is 18.7. The van der Waals surface area contributed by atoms with Crippen LogP contribution in [0.5, 0.6) is 5.75 Å². The molecule has 34 heavy (non-hydrogen) atoms. The average molecular weight is 460 g/mol. The zero-order valence-corrected chi connectivity index (χ0v) is 18.7. The molecule has 0 unspecified atom stereocenters. The lowest BCUT2D eigenvalue weighted by Crippen LogP contribution is -2.26. The molecule has 1 atom stereocenters. The standard InChI is InChI=1S/C23H24N8O3/c1-12(2)21(13-3-4-18-17(5-13)28-20(33)10-34-18)30-23-15-6-16(29-22(15)25-11-26-23)14-7-27-31(8-14)9-19(24)32/h3-8,11-12,21H,9-10H2,1-2H3,(H2,24,32)(H,28,33)(H2,25,26,29,30)/t21-/m1/s1. The molecular weight excluding hydrogens is 436 g/mol. The van der Waals surface area contributed by atoms with E-state index in [1.165, 1.54) is 11.0 Å². The lowest BCUT2D eigenvalue weighted by molar-refractivity contribution is -0.119. The number of nitrogens with two attached hydrogens (primary N) is 1. The third-order valence-corrected chi connectivity index (χ3v) is 5.64. The van der Waals surface area contributed by atoms with Crippen LogP contribution in [0.3, 0.4) is 0 Å². The number of rotatable bonds is 7. The van der Waals surface area contributed by atoms with E-state index >= 15 is 0 Å². The first-order valence-electron chi connectivity index (χ1n) is 10.9. The van der Waals surface area contributed by atoms with Crippen LogP contribution in [0.2, 0.25) is 0 Å². The van der Waals surface area contributed by atoms with Crippen molar-refractivity contribution in [2.75, 3.05) is 17.2 Å². The molecule has 0 bridgehead atoms. The number of fused-ring (bicyclic) bond motifs is 2. The molecule has 3 aromatic heterocycles. The second-order valence-corrected chi connectivity index (χ2v) is 8.52. The first kappa shape index (κ1) is 21.4. The summed E-state index contributed by atoms with van der Waals surface area (Å²) in [5, 5.41) is 11.4. The van der Waals surface area contributed by atoms with E-state index in [1.54, 1.807) is 12.4 Å². The zero-order chi connectivity index (χ0) is 23.8. The van der Waals surface area contributed by atoms with Crippen molar-refractivity contribution >= 4 is 34.4 Å². The Morgan fingerprint density at radius 3 is 2.94 bits per heavy atom. The molecule has 2 amide bonds. The number of nitrogens with zero attached hydrogens (tertiary/aromatic N) is 4. The Labute approximate surface area is 194 Å². The van der Waals surface area contributed by atoms with Crippen LogP contribution in [0.1, 0.15) is 25.5 Å². The number of aromatic amines is 1. The molecule has 11 nitrogen and oxygen atoms in total. The number of aromatic nitrogens is 5. The van der Waals surface area contributed by atoms with Gasteiger partial charge in [-0.05, 0) is 29.7 Å². The number of amides is 2. The fourth-order valence-electron chi connectivity index (χ4n) is 4.04. The molecule has 1 aromatic carbocycles. The molecule has 174 valence electrons. The number of hydrogen-bond acceptors (Lipinski definition) is 7. The second-order valence-electron chi connectivity index (χ2n) is 8.52. The van der Waals surface area contributed by atoms with Crippen molar-refractivity contribution < 1.29 is 14.3 Å². The number of nitrogens with one attached hydrogen (secondary N) is 3. The van der Waals surface area contributed by atoms with Gasteiger partial charge in [0, 0.05) is 11.8 Å². The van der Waals surface area contributed by atoms with Gasteiger partial charge in [-0.15, -0.1) is 0 Å². The number of primary amides is 1. The first-order valence-corrected chi connectivity index (χ1v) is 10.9. The number of H-pyrrole nitrogens is 1. The molecule has 0 saturated carbocycles. The maximum Gasteiger partial charge on any atom is 0.262 e. The molecule has 0 saturated heterocycles. The van der Waals surface area contributed by atoms with E-state index in [1.807, 2.05) is 24.3 Å². The monoisotopic (exact) mass is 460 g/mol. The number of benzene rings is 1. The molecule has 4 heterocycles. The Kier molecular flexibility index (Phi) is 5.36. The normalized spacial score (nSPS) is 13.9. The van der Waals surface area contributed by atoms with Crippen molar-refractivity contribution in [1.29, 1.82) is 0 Å². The quantitative estimate of drug-likeness (QED) is 0.330. The van der Waals surface area contributed by atoms with Gasteiger partial charge in [0.25, 0.3) is 5.91 Å². The molecule has 5 rings (SSSR count). The predicted molar refractivity (Wildman–Crippen MR) is 126 cm³/mol. The number of carbonyl (C=O) groups is 2. The largest absolute Gasteiger partial charge is 0.482 e. The summed E-state index contributed by atoms with van der Waals surface area (Å²) in [6, 6.07) is 7.65. The van der Waals surface area contributed by atoms with Gasteiger partial charge >= 0.3 is 0 Å². The summed E-state index contributed by atoms with van der Waals surface area (Å²) < 4.78 is 6.97. The first-order chi connectivity index (χ1) is 16.4. The van der Waals surface area contributed by atoms with Gasteiger partial charge < -0.3 is 26.1 Å². The van der Waals surface area contributed by atoms with Crippen LogP contribution in [-0.2, 0) is 16.1 Å². The highest BCUT2D eigenvalue weighted by Crippen LogP contribution is 2.35. The summed E-state index contributed by atoms with van der Waals surface area (Å²) in [5.74, 6) is 0.914. The molecule has 0 spiro atoms. The van der Waals surface area contributed by atoms with Gasteiger partial charge in [0.1, 0.15) is 30.1 Å². The van der Waals surface area contributed by atoms with E-state index in [-0.39, 0.29) is 31.0 Å². The third kappa shape index (κ3) is 4.15. The van der Waals surface area contributed by atoms with Gasteiger partial charge in [0.2, 0.25) is 5.91 Å². The molecule has 11 heteroatoms. The summed E-state index contributed by atoms with van der Waals surface area (Å²) in [5.41, 5.74) is 9.18. The molecule has 1 aliphatic heterocycles. The van der Waals surface area contributed by atoms with Gasteiger partial charge in [-0.25, -0.2) is 9.97 Å². The molecule has 0 radical (unpaired) electrons. The van der Waals surface area contributed by atoms with Gasteiger partial charge in [0.05, 0.1) is 29.0 Å². The summed E-state index contributed by atoms with van der Waals surface area (Å²) in [6.45, 7) is 4.25. The maximum atomic E-state index is 11.8.